The minimum Gasteiger partial charge on any atom is -0.496 e. The first-order valence-electron chi connectivity index (χ1n) is 7.98. The highest BCUT2D eigenvalue weighted by Crippen LogP contribution is 2.30. The third-order valence-corrected chi connectivity index (χ3v) is 4.08. The highest BCUT2D eigenvalue weighted by Gasteiger charge is 2.19. The molecule has 23 heavy (non-hydrogen) atoms. The van der Waals surface area contributed by atoms with Crippen molar-refractivity contribution in [2.45, 2.75) is 31.8 Å². The van der Waals surface area contributed by atoms with Crippen LogP contribution in [0.3, 0.4) is 0 Å². The molecule has 0 aliphatic heterocycles. The molecule has 1 aliphatic rings. The Labute approximate surface area is 136 Å². The van der Waals surface area contributed by atoms with Gasteiger partial charge in [0.05, 0.1) is 24.5 Å². The van der Waals surface area contributed by atoms with Gasteiger partial charge in [-0.3, -0.25) is 4.79 Å². The number of methoxy groups -OCH3 is 1. The summed E-state index contributed by atoms with van der Waals surface area (Å²) in [6.07, 6.45) is 4.82. The Hall–Kier alpha value is -2.49. The lowest BCUT2D eigenvalue weighted by molar-refractivity contribution is 0.102. The van der Waals surface area contributed by atoms with Crippen molar-refractivity contribution < 1.29 is 14.3 Å². The van der Waals surface area contributed by atoms with Crippen molar-refractivity contribution in [3.05, 3.63) is 54.1 Å². The average Bonchev–Trinajstić information content (AvgIpc) is 3.09. The van der Waals surface area contributed by atoms with Crippen molar-refractivity contribution in [1.29, 1.82) is 0 Å². The summed E-state index contributed by atoms with van der Waals surface area (Å²) >= 11 is 0. The van der Waals surface area contributed by atoms with Crippen molar-refractivity contribution in [3.8, 4) is 11.5 Å². The number of anilines is 1. The van der Waals surface area contributed by atoms with Crippen LogP contribution in [0.15, 0.2) is 48.5 Å². The van der Waals surface area contributed by atoms with E-state index < -0.39 is 0 Å². The van der Waals surface area contributed by atoms with Crippen molar-refractivity contribution in [3.63, 3.8) is 0 Å². The van der Waals surface area contributed by atoms with Crippen LogP contribution in [-0.4, -0.2) is 19.1 Å². The fourth-order valence-corrected chi connectivity index (χ4v) is 2.88. The molecule has 0 unspecified atom stereocenters. The van der Waals surface area contributed by atoms with E-state index in [9.17, 15) is 4.79 Å². The van der Waals surface area contributed by atoms with E-state index in [1.807, 2.05) is 36.4 Å². The van der Waals surface area contributed by atoms with Crippen LogP contribution in [0.2, 0.25) is 0 Å². The topological polar surface area (TPSA) is 47.6 Å². The Morgan fingerprint density at radius 1 is 1.00 bits per heavy atom. The van der Waals surface area contributed by atoms with Gasteiger partial charge in [0.2, 0.25) is 0 Å². The number of rotatable bonds is 5. The zero-order chi connectivity index (χ0) is 16.1. The van der Waals surface area contributed by atoms with E-state index in [1.54, 1.807) is 19.2 Å². The molecule has 4 heteroatoms. The molecule has 1 aliphatic carbocycles. The maximum atomic E-state index is 12.5. The molecule has 1 N–H and O–H groups in total. The third-order valence-electron chi connectivity index (χ3n) is 4.08. The highest BCUT2D eigenvalue weighted by molar-refractivity contribution is 6.06. The third kappa shape index (κ3) is 3.65. The van der Waals surface area contributed by atoms with Gasteiger partial charge in [0.25, 0.3) is 5.91 Å². The predicted octanol–water partition coefficient (Wildman–Crippen LogP) is 4.27. The standard InChI is InChI=1S/C19H21NO3/c1-22-17-12-6-4-10-15(17)19(21)20-16-11-5-7-13-18(16)23-14-8-2-3-9-14/h4-7,10-14H,2-3,8-9H2,1H3,(H,20,21). The highest BCUT2D eigenvalue weighted by atomic mass is 16.5. The maximum absolute atomic E-state index is 12.5. The van der Waals surface area contributed by atoms with Gasteiger partial charge in [-0.25, -0.2) is 0 Å². The van der Waals surface area contributed by atoms with Gasteiger partial charge in [-0.2, -0.15) is 0 Å². The molecule has 0 aromatic heterocycles. The fraction of sp³-hybridized carbons (Fsp3) is 0.316. The second-order valence-corrected chi connectivity index (χ2v) is 5.67. The van der Waals surface area contributed by atoms with Gasteiger partial charge in [-0.05, 0) is 49.9 Å². The molecule has 0 saturated heterocycles. The first-order chi connectivity index (χ1) is 11.3. The molecule has 0 radical (unpaired) electrons. The monoisotopic (exact) mass is 311 g/mol. The Morgan fingerprint density at radius 3 is 2.39 bits per heavy atom. The zero-order valence-electron chi connectivity index (χ0n) is 13.2. The summed E-state index contributed by atoms with van der Waals surface area (Å²) in [6, 6.07) is 14.7. The fourth-order valence-electron chi connectivity index (χ4n) is 2.88. The van der Waals surface area contributed by atoms with Crippen molar-refractivity contribution >= 4 is 11.6 Å². The Bertz CT molecular complexity index is 678. The lowest BCUT2D eigenvalue weighted by atomic mass is 10.1. The molecular weight excluding hydrogens is 290 g/mol. The summed E-state index contributed by atoms with van der Waals surface area (Å²) in [6.45, 7) is 0. The van der Waals surface area contributed by atoms with Crippen molar-refractivity contribution in [1.82, 2.24) is 0 Å². The SMILES string of the molecule is COc1ccccc1C(=O)Nc1ccccc1OC1CCCC1. The van der Waals surface area contributed by atoms with E-state index >= 15 is 0 Å². The molecule has 0 spiro atoms. The minimum absolute atomic E-state index is 0.204. The summed E-state index contributed by atoms with van der Waals surface area (Å²) in [5.74, 6) is 1.08. The lowest BCUT2D eigenvalue weighted by Gasteiger charge is -2.17. The Balaban J connectivity index is 1.78. The van der Waals surface area contributed by atoms with Crippen LogP contribution in [0.25, 0.3) is 0 Å². The molecule has 2 aromatic carbocycles. The summed E-state index contributed by atoms with van der Waals surface area (Å²) in [5.41, 5.74) is 1.20. The maximum Gasteiger partial charge on any atom is 0.259 e. The van der Waals surface area contributed by atoms with Gasteiger partial charge < -0.3 is 14.8 Å². The number of hydrogen-bond acceptors (Lipinski definition) is 3. The summed E-state index contributed by atoms with van der Waals surface area (Å²) < 4.78 is 11.3. The van der Waals surface area contributed by atoms with Crippen LogP contribution >= 0.6 is 0 Å². The quantitative estimate of drug-likeness (QED) is 0.897. The second kappa shape index (κ2) is 7.18. The van der Waals surface area contributed by atoms with Crippen LogP contribution in [0, 0.1) is 0 Å². The second-order valence-electron chi connectivity index (χ2n) is 5.67. The number of amides is 1. The predicted molar refractivity (Wildman–Crippen MR) is 90.3 cm³/mol. The summed E-state index contributed by atoms with van der Waals surface area (Å²) in [5, 5.41) is 2.93. The first-order valence-corrected chi connectivity index (χ1v) is 7.98. The molecular formula is C19H21NO3. The van der Waals surface area contributed by atoms with Gasteiger partial charge in [0.15, 0.2) is 0 Å². The van der Waals surface area contributed by atoms with Crippen LogP contribution in [0.4, 0.5) is 5.69 Å². The van der Waals surface area contributed by atoms with Gasteiger partial charge in [0, 0.05) is 0 Å². The number of ether oxygens (including phenoxy) is 2. The van der Waals surface area contributed by atoms with Crippen LogP contribution in [0.5, 0.6) is 11.5 Å². The Morgan fingerprint density at radius 2 is 1.65 bits per heavy atom. The van der Waals surface area contributed by atoms with Crippen molar-refractivity contribution in [2.75, 3.05) is 12.4 Å². The van der Waals surface area contributed by atoms with E-state index in [0.29, 0.717) is 17.0 Å². The van der Waals surface area contributed by atoms with Crippen LogP contribution in [-0.2, 0) is 0 Å². The number of hydrogen-bond donors (Lipinski definition) is 1. The number of carbonyl (C=O) groups excluding carboxylic acids is 1. The summed E-state index contributed by atoms with van der Waals surface area (Å²) in [7, 11) is 1.56. The molecule has 0 heterocycles. The number of benzene rings is 2. The van der Waals surface area contributed by atoms with E-state index in [1.165, 1.54) is 12.8 Å². The van der Waals surface area contributed by atoms with E-state index in [-0.39, 0.29) is 12.0 Å². The van der Waals surface area contributed by atoms with Gasteiger partial charge >= 0.3 is 0 Å². The van der Waals surface area contributed by atoms with Crippen LogP contribution < -0.4 is 14.8 Å². The molecule has 120 valence electrons. The number of nitrogens with one attached hydrogen (secondary N) is 1. The smallest absolute Gasteiger partial charge is 0.259 e. The molecule has 3 rings (SSSR count). The molecule has 4 nitrogen and oxygen atoms in total. The molecule has 2 aromatic rings. The zero-order valence-corrected chi connectivity index (χ0v) is 13.2. The van der Waals surface area contributed by atoms with E-state index in [2.05, 4.69) is 5.32 Å². The first kappa shape index (κ1) is 15.4. The summed E-state index contributed by atoms with van der Waals surface area (Å²) in [4.78, 5) is 12.5. The largest absolute Gasteiger partial charge is 0.496 e. The van der Waals surface area contributed by atoms with Gasteiger partial charge in [-0.15, -0.1) is 0 Å². The molecule has 0 bridgehead atoms. The average molecular weight is 311 g/mol. The van der Waals surface area contributed by atoms with E-state index in [0.717, 1.165) is 18.6 Å². The lowest BCUT2D eigenvalue weighted by Crippen LogP contribution is -2.16. The van der Waals surface area contributed by atoms with Gasteiger partial charge in [-0.1, -0.05) is 24.3 Å². The normalized spacial score (nSPS) is 14.5. The molecule has 1 saturated carbocycles. The van der Waals surface area contributed by atoms with Crippen LogP contribution in [0.1, 0.15) is 36.0 Å². The Kier molecular flexibility index (Phi) is 4.81. The number of para-hydroxylation sites is 3. The number of carbonyl (C=O) groups is 1. The van der Waals surface area contributed by atoms with Gasteiger partial charge in [0.1, 0.15) is 11.5 Å². The molecule has 0 atom stereocenters. The van der Waals surface area contributed by atoms with Crippen molar-refractivity contribution in [2.24, 2.45) is 0 Å². The molecule has 1 fully saturated rings. The minimum atomic E-state index is -0.204. The molecule has 1 amide bonds. The van der Waals surface area contributed by atoms with E-state index in [4.69, 9.17) is 9.47 Å².